The fourth-order valence-electron chi connectivity index (χ4n) is 3.05. The van der Waals surface area contributed by atoms with Crippen LogP contribution < -0.4 is 10.1 Å². The Balaban J connectivity index is 1.38. The molecule has 0 aliphatic carbocycles. The Morgan fingerprint density at radius 3 is 2.56 bits per heavy atom. The number of anilines is 1. The molecule has 0 bridgehead atoms. The number of amides is 1. The molecule has 8 heteroatoms. The van der Waals surface area contributed by atoms with Gasteiger partial charge in [-0.1, -0.05) is 65.1 Å². The number of ether oxygens (including phenoxy) is 1. The second-order valence-corrected chi connectivity index (χ2v) is 8.27. The molecule has 4 rings (SSSR count). The number of carbonyl (C=O) groups is 1. The second-order valence-electron chi connectivity index (χ2n) is 7.05. The van der Waals surface area contributed by atoms with Crippen molar-refractivity contribution in [2.45, 2.75) is 13.2 Å². The van der Waals surface area contributed by atoms with Gasteiger partial charge in [0.1, 0.15) is 17.4 Å². The Morgan fingerprint density at radius 2 is 1.75 bits per heavy atom. The summed E-state index contributed by atoms with van der Waals surface area (Å²) >= 11 is 18.1. The first-order valence-corrected chi connectivity index (χ1v) is 10.9. The largest absolute Gasteiger partial charge is 0.487 e. The standard InChI is InChI=1S/C24H18Cl3N3O2/c25-19-9-7-16(8-10-19)13-30-14-20(12-28-30)29-24(31)18-4-1-3-17(11-18)15-32-22-6-2-5-21(26)23(22)27/h1-12,14H,13,15H2,(H,29,31). The summed E-state index contributed by atoms with van der Waals surface area (Å²) in [5.74, 6) is 0.251. The minimum Gasteiger partial charge on any atom is -0.487 e. The molecule has 0 atom stereocenters. The zero-order chi connectivity index (χ0) is 22.5. The number of nitrogens with zero attached hydrogens (tertiary/aromatic N) is 2. The van der Waals surface area contributed by atoms with Crippen molar-refractivity contribution in [1.29, 1.82) is 0 Å². The summed E-state index contributed by atoms with van der Waals surface area (Å²) in [5.41, 5.74) is 3.00. The molecule has 162 valence electrons. The molecule has 1 N–H and O–H groups in total. The first-order valence-electron chi connectivity index (χ1n) is 9.72. The zero-order valence-corrected chi connectivity index (χ0v) is 19.0. The van der Waals surface area contributed by atoms with Crippen LogP contribution in [0, 0.1) is 0 Å². The van der Waals surface area contributed by atoms with Gasteiger partial charge in [-0.2, -0.15) is 5.10 Å². The van der Waals surface area contributed by atoms with Crippen LogP contribution in [0.25, 0.3) is 0 Å². The van der Waals surface area contributed by atoms with Crippen LogP contribution in [-0.4, -0.2) is 15.7 Å². The van der Waals surface area contributed by atoms with Crippen molar-refractivity contribution in [2.24, 2.45) is 0 Å². The number of hydrogen-bond acceptors (Lipinski definition) is 3. The molecule has 0 aliphatic heterocycles. The first kappa shape index (κ1) is 22.2. The van der Waals surface area contributed by atoms with E-state index in [0.717, 1.165) is 11.1 Å². The predicted molar refractivity (Wildman–Crippen MR) is 128 cm³/mol. The van der Waals surface area contributed by atoms with Gasteiger partial charge in [-0.05, 0) is 47.5 Å². The Hall–Kier alpha value is -2.99. The van der Waals surface area contributed by atoms with E-state index in [9.17, 15) is 4.79 Å². The van der Waals surface area contributed by atoms with Crippen LogP contribution in [0.15, 0.2) is 79.1 Å². The smallest absolute Gasteiger partial charge is 0.255 e. The maximum Gasteiger partial charge on any atom is 0.255 e. The van der Waals surface area contributed by atoms with Gasteiger partial charge >= 0.3 is 0 Å². The van der Waals surface area contributed by atoms with Gasteiger partial charge < -0.3 is 10.1 Å². The Morgan fingerprint density at radius 1 is 0.969 bits per heavy atom. The number of rotatable bonds is 7. The zero-order valence-electron chi connectivity index (χ0n) is 16.8. The highest BCUT2D eigenvalue weighted by Gasteiger charge is 2.10. The molecule has 0 spiro atoms. The van der Waals surface area contributed by atoms with Crippen molar-refractivity contribution in [3.05, 3.63) is 111 Å². The Kier molecular flexibility index (Phi) is 7.00. The van der Waals surface area contributed by atoms with E-state index in [2.05, 4.69) is 10.4 Å². The van der Waals surface area contributed by atoms with E-state index >= 15 is 0 Å². The second kappa shape index (κ2) is 10.1. The van der Waals surface area contributed by atoms with E-state index < -0.39 is 0 Å². The van der Waals surface area contributed by atoms with Crippen molar-refractivity contribution in [3.8, 4) is 5.75 Å². The van der Waals surface area contributed by atoms with Gasteiger partial charge in [0.25, 0.3) is 5.91 Å². The average molecular weight is 487 g/mol. The highest BCUT2D eigenvalue weighted by atomic mass is 35.5. The molecule has 0 unspecified atom stereocenters. The van der Waals surface area contributed by atoms with Crippen molar-refractivity contribution in [3.63, 3.8) is 0 Å². The Labute approximate surface area is 200 Å². The minimum atomic E-state index is -0.237. The molecule has 1 amide bonds. The lowest BCUT2D eigenvalue weighted by atomic mass is 10.1. The molecule has 0 saturated heterocycles. The van der Waals surface area contributed by atoms with Crippen LogP contribution in [0.5, 0.6) is 5.75 Å². The van der Waals surface area contributed by atoms with Gasteiger partial charge in [-0.25, -0.2) is 0 Å². The van der Waals surface area contributed by atoms with Crippen LogP contribution in [0.1, 0.15) is 21.5 Å². The summed E-state index contributed by atoms with van der Waals surface area (Å²) in [5, 5.41) is 8.64. The Bertz CT molecular complexity index is 1240. The van der Waals surface area contributed by atoms with Crippen molar-refractivity contribution in [1.82, 2.24) is 9.78 Å². The van der Waals surface area contributed by atoms with Crippen molar-refractivity contribution in [2.75, 3.05) is 5.32 Å². The lowest BCUT2D eigenvalue weighted by Crippen LogP contribution is -2.12. The summed E-state index contributed by atoms with van der Waals surface area (Å²) in [6.45, 7) is 0.826. The van der Waals surface area contributed by atoms with E-state index in [1.807, 2.05) is 30.3 Å². The molecular formula is C24H18Cl3N3O2. The van der Waals surface area contributed by atoms with Gasteiger partial charge in [-0.3, -0.25) is 9.48 Å². The van der Waals surface area contributed by atoms with Crippen molar-refractivity contribution < 1.29 is 9.53 Å². The van der Waals surface area contributed by atoms with Gasteiger partial charge in [0, 0.05) is 16.8 Å². The van der Waals surface area contributed by atoms with Gasteiger partial charge in [0.2, 0.25) is 0 Å². The molecule has 32 heavy (non-hydrogen) atoms. The van der Waals surface area contributed by atoms with Gasteiger partial charge in [0.15, 0.2) is 0 Å². The molecule has 0 aliphatic rings. The monoisotopic (exact) mass is 485 g/mol. The third kappa shape index (κ3) is 5.62. The van der Waals surface area contributed by atoms with E-state index in [4.69, 9.17) is 39.5 Å². The molecule has 0 fully saturated rings. The lowest BCUT2D eigenvalue weighted by molar-refractivity contribution is 0.102. The highest BCUT2D eigenvalue weighted by Crippen LogP contribution is 2.32. The molecule has 1 aromatic heterocycles. The maximum absolute atomic E-state index is 12.7. The summed E-state index contributed by atoms with van der Waals surface area (Å²) in [7, 11) is 0. The van der Waals surface area contributed by atoms with Crippen LogP contribution in [0.3, 0.4) is 0 Å². The minimum absolute atomic E-state index is 0.237. The fourth-order valence-corrected chi connectivity index (χ4v) is 3.53. The number of halogens is 3. The SMILES string of the molecule is O=C(Nc1cnn(Cc2ccc(Cl)cc2)c1)c1cccc(COc2cccc(Cl)c2Cl)c1. The predicted octanol–water partition coefficient (Wildman–Crippen LogP) is 6.72. The summed E-state index contributed by atoms with van der Waals surface area (Å²) in [6.07, 6.45) is 3.39. The molecule has 0 radical (unpaired) electrons. The van der Waals surface area contributed by atoms with Crippen molar-refractivity contribution >= 4 is 46.4 Å². The van der Waals surface area contributed by atoms with Crippen LogP contribution >= 0.6 is 34.8 Å². The number of hydrogen-bond donors (Lipinski definition) is 1. The molecular weight excluding hydrogens is 469 g/mol. The average Bonchev–Trinajstić information content (AvgIpc) is 3.23. The number of nitrogens with one attached hydrogen (secondary N) is 1. The molecule has 5 nitrogen and oxygen atoms in total. The lowest BCUT2D eigenvalue weighted by Gasteiger charge is -2.10. The fraction of sp³-hybridized carbons (Fsp3) is 0.0833. The molecule has 0 saturated carbocycles. The first-order chi connectivity index (χ1) is 15.5. The number of aromatic nitrogens is 2. The van der Waals surface area contributed by atoms with E-state index in [1.165, 1.54) is 0 Å². The normalized spacial score (nSPS) is 10.7. The van der Waals surface area contributed by atoms with Gasteiger partial charge in [0.05, 0.1) is 23.5 Å². The van der Waals surface area contributed by atoms with E-state index in [1.54, 1.807) is 53.5 Å². The maximum atomic E-state index is 12.7. The highest BCUT2D eigenvalue weighted by molar-refractivity contribution is 6.42. The van der Waals surface area contributed by atoms with E-state index in [0.29, 0.717) is 38.6 Å². The van der Waals surface area contributed by atoms with Crippen LogP contribution in [0.2, 0.25) is 15.1 Å². The number of carbonyl (C=O) groups excluding carboxylic acids is 1. The summed E-state index contributed by atoms with van der Waals surface area (Å²) < 4.78 is 7.50. The number of benzene rings is 3. The van der Waals surface area contributed by atoms with Crippen LogP contribution in [0.4, 0.5) is 5.69 Å². The molecule has 3 aromatic carbocycles. The van der Waals surface area contributed by atoms with Crippen LogP contribution in [-0.2, 0) is 13.2 Å². The van der Waals surface area contributed by atoms with Gasteiger partial charge in [-0.15, -0.1) is 0 Å². The quantitative estimate of drug-likeness (QED) is 0.315. The third-order valence-electron chi connectivity index (χ3n) is 4.65. The third-order valence-corrected chi connectivity index (χ3v) is 5.70. The topological polar surface area (TPSA) is 56.2 Å². The summed E-state index contributed by atoms with van der Waals surface area (Å²) in [4.78, 5) is 12.7. The molecule has 4 aromatic rings. The van der Waals surface area contributed by atoms with E-state index in [-0.39, 0.29) is 12.5 Å². The summed E-state index contributed by atoms with van der Waals surface area (Å²) in [6, 6.07) is 19.9. The molecule has 1 heterocycles.